The first-order chi connectivity index (χ1) is 16.3. The molecular weight excluding hydrogens is 478 g/mol. The molecule has 0 radical (unpaired) electrons. The summed E-state index contributed by atoms with van der Waals surface area (Å²) in [6, 6.07) is 3.44. The first kappa shape index (κ1) is 24.3. The fourth-order valence-electron chi connectivity index (χ4n) is 4.06. The minimum absolute atomic E-state index is 0.0308. The predicted octanol–water partition coefficient (Wildman–Crippen LogP) is 4.54. The summed E-state index contributed by atoms with van der Waals surface area (Å²) in [6.07, 6.45) is 6.28. The SMILES string of the molecule is COc1cnc(Cl)cc1-c1cc(C)ncc1C(=O)Nc1nnc(OC2CCC(C(C)O)CC2)s1. The zero-order valence-electron chi connectivity index (χ0n) is 19.1. The number of pyridine rings is 2. The van der Waals surface area contributed by atoms with Crippen LogP contribution in [0.5, 0.6) is 10.9 Å². The van der Waals surface area contributed by atoms with Crippen LogP contribution in [0.4, 0.5) is 5.13 Å². The van der Waals surface area contributed by atoms with Crippen molar-refractivity contribution < 1.29 is 19.4 Å². The number of hydrogen-bond acceptors (Lipinski definition) is 9. The number of methoxy groups -OCH3 is 1. The number of hydrogen-bond donors (Lipinski definition) is 2. The number of aromatic nitrogens is 4. The molecule has 0 aromatic carbocycles. The molecule has 0 saturated heterocycles. The maximum atomic E-state index is 13.1. The lowest BCUT2D eigenvalue weighted by atomic mass is 9.84. The molecule has 0 bridgehead atoms. The van der Waals surface area contributed by atoms with Crippen molar-refractivity contribution in [3.8, 4) is 22.1 Å². The van der Waals surface area contributed by atoms with Crippen LogP contribution in [0.15, 0.2) is 24.5 Å². The van der Waals surface area contributed by atoms with Gasteiger partial charge in [-0.2, -0.15) is 0 Å². The fraction of sp³-hybridized carbons (Fsp3) is 0.435. The molecule has 2 N–H and O–H groups in total. The molecule has 34 heavy (non-hydrogen) atoms. The molecule has 180 valence electrons. The van der Waals surface area contributed by atoms with E-state index < -0.39 is 5.91 Å². The van der Waals surface area contributed by atoms with Crippen LogP contribution in [-0.4, -0.2) is 50.5 Å². The molecule has 0 spiro atoms. The van der Waals surface area contributed by atoms with Gasteiger partial charge in [0.1, 0.15) is 17.0 Å². The van der Waals surface area contributed by atoms with Gasteiger partial charge in [-0.1, -0.05) is 16.7 Å². The Bertz CT molecular complexity index is 1160. The summed E-state index contributed by atoms with van der Waals surface area (Å²) in [4.78, 5) is 21.5. The average Bonchev–Trinajstić information content (AvgIpc) is 3.25. The maximum Gasteiger partial charge on any atom is 0.296 e. The second-order valence-electron chi connectivity index (χ2n) is 8.30. The molecule has 9 nitrogen and oxygen atoms in total. The van der Waals surface area contributed by atoms with Crippen LogP contribution in [0.1, 0.15) is 48.7 Å². The van der Waals surface area contributed by atoms with Crippen LogP contribution in [0.25, 0.3) is 11.1 Å². The number of carbonyl (C=O) groups is 1. The molecule has 3 aromatic rings. The van der Waals surface area contributed by atoms with Crippen molar-refractivity contribution in [3.05, 3.63) is 40.9 Å². The number of aryl methyl sites for hydroxylation is 1. The zero-order chi connectivity index (χ0) is 24.2. The number of nitrogens with zero attached hydrogens (tertiary/aromatic N) is 4. The van der Waals surface area contributed by atoms with E-state index in [1.807, 2.05) is 13.8 Å². The quantitative estimate of drug-likeness (QED) is 0.451. The first-order valence-electron chi connectivity index (χ1n) is 11.0. The topological polar surface area (TPSA) is 119 Å². The predicted molar refractivity (Wildman–Crippen MR) is 130 cm³/mol. The maximum absolute atomic E-state index is 13.1. The number of amides is 1. The number of carbonyl (C=O) groups excluding carboxylic acids is 1. The van der Waals surface area contributed by atoms with Crippen LogP contribution in [0, 0.1) is 12.8 Å². The lowest BCUT2D eigenvalue weighted by Gasteiger charge is -2.29. The molecule has 1 amide bonds. The highest BCUT2D eigenvalue weighted by Crippen LogP contribution is 2.35. The number of halogens is 1. The smallest absolute Gasteiger partial charge is 0.296 e. The molecule has 1 aliphatic rings. The van der Waals surface area contributed by atoms with E-state index in [9.17, 15) is 9.90 Å². The van der Waals surface area contributed by atoms with Gasteiger partial charge in [0, 0.05) is 23.0 Å². The Morgan fingerprint density at radius 2 is 1.94 bits per heavy atom. The number of anilines is 1. The van der Waals surface area contributed by atoms with Gasteiger partial charge >= 0.3 is 0 Å². The fourth-order valence-corrected chi connectivity index (χ4v) is 4.87. The van der Waals surface area contributed by atoms with Crippen molar-refractivity contribution in [2.45, 2.75) is 51.7 Å². The van der Waals surface area contributed by atoms with Gasteiger partial charge in [0.05, 0.1) is 25.0 Å². The molecule has 1 fully saturated rings. The number of nitrogens with one attached hydrogen (secondary N) is 1. The largest absolute Gasteiger partial charge is 0.494 e. The molecule has 11 heteroatoms. The van der Waals surface area contributed by atoms with Crippen molar-refractivity contribution in [3.63, 3.8) is 0 Å². The van der Waals surface area contributed by atoms with Crippen molar-refractivity contribution in [1.29, 1.82) is 0 Å². The molecular formula is C23H26ClN5O4S. The van der Waals surface area contributed by atoms with E-state index >= 15 is 0 Å². The second-order valence-corrected chi connectivity index (χ2v) is 9.63. The molecule has 3 aromatic heterocycles. The minimum atomic E-state index is -0.391. The third kappa shape index (κ3) is 5.63. The third-order valence-electron chi connectivity index (χ3n) is 5.92. The third-order valence-corrected chi connectivity index (χ3v) is 6.86. The number of aliphatic hydroxyl groups excluding tert-OH is 1. The van der Waals surface area contributed by atoms with Crippen LogP contribution >= 0.6 is 22.9 Å². The summed E-state index contributed by atoms with van der Waals surface area (Å²) < 4.78 is 11.4. The molecule has 4 rings (SSSR count). The van der Waals surface area contributed by atoms with E-state index in [4.69, 9.17) is 21.1 Å². The Balaban J connectivity index is 1.48. The summed E-state index contributed by atoms with van der Waals surface area (Å²) in [5, 5.41) is 21.7. The Morgan fingerprint density at radius 3 is 2.65 bits per heavy atom. The van der Waals surface area contributed by atoms with E-state index in [0.29, 0.717) is 38.7 Å². The molecule has 0 aliphatic heterocycles. The Morgan fingerprint density at radius 1 is 1.18 bits per heavy atom. The Labute approximate surface area is 206 Å². The lowest BCUT2D eigenvalue weighted by molar-refractivity contribution is 0.0606. The summed E-state index contributed by atoms with van der Waals surface area (Å²) in [6.45, 7) is 3.67. The number of rotatable bonds is 7. The Hall–Kier alpha value is -2.82. The molecule has 3 heterocycles. The van der Waals surface area contributed by atoms with Gasteiger partial charge in [0.15, 0.2) is 0 Å². The minimum Gasteiger partial charge on any atom is -0.494 e. The highest BCUT2D eigenvalue weighted by atomic mass is 35.5. The molecule has 1 aliphatic carbocycles. The van der Waals surface area contributed by atoms with Crippen molar-refractivity contribution in [2.24, 2.45) is 5.92 Å². The van der Waals surface area contributed by atoms with Gasteiger partial charge in [0.2, 0.25) is 5.13 Å². The van der Waals surface area contributed by atoms with Crippen molar-refractivity contribution >= 4 is 34.0 Å². The van der Waals surface area contributed by atoms with Gasteiger partial charge in [-0.3, -0.25) is 15.1 Å². The lowest BCUT2D eigenvalue weighted by Crippen LogP contribution is -2.28. The molecule has 1 unspecified atom stereocenters. The van der Waals surface area contributed by atoms with Crippen LogP contribution in [-0.2, 0) is 0 Å². The Kier molecular flexibility index (Phi) is 7.60. The summed E-state index contributed by atoms with van der Waals surface area (Å²) in [5.74, 6) is 0.411. The van der Waals surface area contributed by atoms with Crippen LogP contribution in [0.2, 0.25) is 5.15 Å². The van der Waals surface area contributed by atoms with E-state index in [0.717, 1.165) is 31.4 Å². The first-order valence-corrected chi connectivity index (χ1v) is 12.2. The van der Waals surface area contributed by atoms with Gasteiger partial charge < -0.3 is 14.6 Å². The van der Waals surface area contributed by atoms with Gasteiger partial charge in [-0.05, 0) is 68.9 Å². The average molecular weight is 504 g/mol. The standard InChI is InChI=1S/C23H26ClN5O4S/c1-12-8-16(17-9-20(24)26-11-19(17)32-3)18(10-25-12)21(31)27-22-28-29-23(34-22)33-15-6-4-14(5-7-15)13(2)30/h8-11,13-15,30H,4-7H2,1-3H3,(H,27,28,31). The van der Waals surface area contributed by atoms with Gasteiger partial charge in [-0.15, -0.1) is 5.10 Å². The highest BCUT2D eigenvalue weighted by Gasteiger charge is 2.26. The van der Waals surface area contributed by atoms with Gasteiger partial charge in [-0.25, -0.2) is 4.98 Å². The monoisotopic (exact) mass is 503 g/mol. The van der Waals surface area contributed by atoms with E-state index in [-0.39, 0.29) is 17.4 Å². The number of aliphatic hydroxyl groups is 1. The normalized spacial score (nSPS) is 18.9. The molecule has 1 saturated carbocycles. The van der Waals surface area contributed by atoms with Crippen LogP contribution < -0.4 is 14.8 Å². The van der Waals surface area contributed by atoms with Gasteiger partial charge in [0.25, 0.3) is 11.1 Å². The van der Waals surface area contributed by atoms with Crippen molar-refractivity contribution in [2.75, 3.05) is 12.4 Å². The number of ether oxygens (including phenoxy) is 2. The summed E-state index contributed by atoms with van der Waals surface area (Å²) in [7, 11) is 1.53. The van der Waals surface area contributed by atoms with Crippen molar-refractivity contribution in [1.82, 2.24) is 20.2 Å². The summed E-state index contributed by atoms with van der Waals surface area (Å²) >= 11 is 7.28. The molecule has 1 atom stereocenters. The van der Waals surface area contributed by atoms with Crippen LogP contribution in [0.3, 0.4) is 0 Å². The van der Waals surface area contributed by atoms with E-state index in [2.05, 4.69) is 25.5 Å². The highest BCUT2D eigenvalue weighted by molar-refractivity contribution is 7.17. The summed E-state index contributed by atoms with van der Waals surface area (Å²) in [5.41, 5.74) is 2.31. The van der Waals surface area contributed by atoms with E-state index in [1.165, 1.54) is 30.8 Å². The van der Waals surface area contributed by atoms with E-state index in [1.54, 1.807) is 12.1 Å². The zero-order valence-corrected chi connectivity index (χ0v) is 20.7. The second kappa shape index (κ2) is 10.6.